The molecule has 0 saturated carbocycles. The highest BCUT2D eigenvalue weighted by atomic mass is 14.8. The summed E-state index contributed by atoms with van der Waals surface area (Å²) in [4.78, 5) is 0. The molecule has 0 aromatic heterocycles. The molecular formula is C15H25N. The van der Waals surface area contributed by atoms with Crippen molar-refractivity contribution in [3.8, 4) is 0 Å². The minimum absolute atomic E-state index is 0.617. The van der Waals surface area contributed by atoms with Gasteiger partial charge in [0.2, 0.25) is 0 Å². The fourth-order valence-corrected chi connectivity index (χ4v) is 2.18. The van der Waals surface area contributed by atoms with Gasteiger partial charge < -0.3 is 5.32 Å². The SMILES string of the molecule is CCC(CNC)c1cc(C(C)C)ccc1C. The van der Waals surface area contributed by atoms with Crippen LogP contribution in [0.25, 0.3) is 0 Å². The van der Waals surface area contributed by atoms with Crippen molar-refractivity contribution in [2.24, 2.45) is 0 Å². The van der Waals surface area contributed by atoms with Gasteiger partial charge in [0.25, 0.3) is 0 Å². The summed E-state index contributed by atoms with van der Waals surface area (Å²) in [5, 5.41) is 3.29. The van der Waals surface area contributed by atoms with Gasteiger partial charge in [-0.2, -0.15) is 0 Å². The molecule has 1 aromatic carbocycles. The molecule has 16 heavy (non-hydrogen) atoms. The summed E-state index contributed by atoms with van der Waals surface area (Å²) < 4.78 is 0. The zero-order valence-corrected chi connectivity index (χ0v) is 11.3. The molecule has 0 heterocycles. The zero-order chi connectivity index (χ0) is 12.1. The van der Waals surface area contributed by atoms with Crippen molar-refractivity contribution < 1.29 is 0 Å². The first-order valence-corrected chi connectivity index (χ1v) is 6.35. The summed E-state index contributed by atoms with van der Waals surface area (Å²) in [6, 6.07) is 6.92. The molecule has 1 nitrogen and oxygen atoms in total. The predicted octanol–water partition coefficient (Wildman–Crippen LogP) is 3.83. The van der Waals surface area contributed by atoms with Crippen LogP contribution in [-0.2, 0) is 0 Å². The minimum atomic E-state index is 0.617. The van der Waals surface area contributed by atoms with Gasteiger partial charge in [0, 0.05) is 6.54 Å². The Bertz CT molecular complexity index is 328. The van der Waals surface area contributed by atoms with Crippen LogP contribution in [0.3, 0.4) is 0 Å². The van der Waals surface area contributed by atoms with E-state index in [0.29, 0.717) is 11.8 Å². The first-order valence-electron chi connectivity index (χ1n) is 6.35. The summed E-state index contributed by atoms with van der Waals surface area (Å²) in [5.74, 6) is 1.26. The Kier molecular flexibility index (Phi) is 5.01. The average molecular weight is 219 g/mol. The summed E-state index contributed by atoms with van der Waals surface area (Å²) in [5.41, 5.74) is 4.39. The van der Waals surface area contributed by atoms with E-state index in [2.05, 4.69) is 51.2 Å². The Labute approximate surface area is 100 Å². The normalized spacial score (nSPS) is 13.1. The van der Waals surface area contributed by atoms with E-state index < -0.39 is 0 Å². The van der Waals surface area contributed by atoms with Crippen LogP contribution in [0.1, 0.15) is 55.7 Å². The molecule has 0 bridgehead atoms. The van der Waals surface area contributed by atoms with Gasteiger partial charge in [-0.3, -0.25) is 0 Å². The molecule has 0 fully saturated rings. The lowest BCUT2D eigenvalue weighted by Crippen LogP contribution is -2.17. The van der Waals surface area contributed by atoms with Crippen LogP contribution in [0.2, 0.25) is 0 Å². The van der Waals surface area contributed by atoms with Gasteiger partial charge in [0.15, 0.2) is 0 Å². The number of benzene rings is 1. The topological polar surface area (TPSA) is 12.0 Å². The number of hydrogen-bond donors (Lipinski definition) is 1. The third kappa shape index (κ3) is 3.08. The molecular weight excluding hydrogens is 194 g/mol. The minimum Gasteiger partial charge on any atom is -0.319 e. The van der Waals surface area contributed by atoms with Gasteiger partial charge in [-0.25, -0.2) is 0 Å². The fraction of sp³-hybridized carbons (Fsp3) is 0.600. The van der Waals surface area contributed by atoms with E-state index in [1.807, 2.05) is 7.05 Å². The molecule has 1 atom stereocenters. The number of aryl methyl sites for hydroxylation is 1. The third-order valence-electron chi connectivity index (χ3n) is 3.35. The Morgan fingerprint density at radius 2 is 1.94 bits per heavy atom. The summed E-state index contributed by atoms with van der Waals surface area (Å²) in [6.07, 6.45) is 1.20. The monoisotopic (exact) mass is 219 g/mol. The molecule has 0 spiro atoms. The van der Waals surface area contributed by atoms with Crippen LogP contribution in [0, 0.1) is 6.92 Å². The van der Waals surface area contributed by atoms with E-state index >= 15 is 0 Å². The Balaban J connectivity index is 3.04. The molecule has 90 valence electrons. The standard InChI is InChI=1S/C15H25N/c1-6-13(10-16-5)15-9-14(11(2)3)8-7-12(15)4/h7-9,11,13,16H,6,10H2,1-5H3. The van der Waals surface area contributed by atoms with Crippen molar-refractivity contribution in [3.05, 3.63) is 34.9 Å². The number of hydrogen-bond acceptors (Lipinski definition) is 1. The zero-order valence-electron chi connectivity index (χ0n) is 11.3. The second-order valence-corrected chi connectivity index (χ2v) is 4.93. The fourth-order valence-electron chi connectivity index (χ4n) is 2.18. The smallest absolute Gasteiger partial charge is 0.00171 e. The third-order valence-corrected chi connectivity index (χ3v) is 3.35. The highest BCUT2D eigenvalue weighted by Gasteiger charge is 2.12. The van der Waals surface area contributed by atoms with E-state index in [1.54, 1.807) is 0 Å². The van der Waals surface area contributed by atoms with E-state index in [1.165, 1.54) is 23.1 Å². The van der Waals surface area contributed by atoms with E-state index in [-0.39, 0.29) is 0 Å². The van der Waals surface area contributed by atoms with Crippen molar-refractivity contribution >= 4 is 0 Å². The van der Waals surface area contributed by atoms with Crippen LogP contribution >= 0.6 is 0 Å². The van der Waals surface area contributed by atoms with Gasteiger partial charge >= 0.3 is 0 Å². The molecule has 1 heteroatoms. The van der Waals surface area contributed by atoms with Crippen molar-refractivity contribution in [2.45, 2.75) is 46.0 Å². The highest BCUT2D eigenvalue weighted by Crippen LogP contribution is 2.26. The van der Waals surface area contributed by atoms with Crippen molar-refractivity contribution in [3.63, 3.8) is 0 Å². The number of rotatable bonds is 5. The van der Waals surface area contributed by atoms with Crippen LogP contribution in [0.15, 0.2) is 18.2 Å². The van der Waals surface area contributed by atoms with Crippen molar-refractivity contribution in [1.29, 1.82) is 0 Å². The maximum absolute atomic E-state index is 3.29. The molecule has 0 amide bonds. The van der Waals surface area contributed by atoms with Gasteiger partial charge in [-0.15, -0.1) is 0 Å². The maximum Gasteiger partial charge on any atom is 0.00171 e. The lowest BCUT2D eigenvalue weighted by molar-refractivity contribution is 0.607. The lowest BCUT2D eigenvalue weighted by atomic mass is 9.89. The van der Waals surface area contributed by atoms with E-state index in [0.717, 1.165) is 6.54 Å². The molecule has 0 aliphatic rings. The van der Waals surface area contributed by atoms with Gasteiger partial charge in [-0.1, -0.05) is 39.0 Å². The summed E-state index contributed by atoms with van der Waals surface area (Å²) >= 11 is 0. The van der Waals surface area contributed by atoms with Crippen molar-refractivity contribution in [2.75, 3.05) is 13.6 Å². The maximum atomic E-state index is 3.29. The first-order chi connectivity index (χ1) is 7.60. The van der Waals surface area contributed by atoms with Gasteiger partial charge in [-0.05, 0) is 48.9 Å². The summed E-state index contributed by atoms with van der Waals surface area (Å²) in [7, 11) is 2.03. The first kappa shape index (κ1) is 13.2. The second-order valence-electron chi connectivity index (χ2n) is 4.93. The molecule has 0 aliphatic heterocycles. The molecule has 1 N–H and O–H groups in total. The second kappa shape index (κ2) is 6.05. The predicted molar refractivity (Wildman–Crippen MR) is 72.2 cm³/mol. The lowest BCUT2D eigenvalue weighted by Gasteiger charge is -2.19. The van der Waals surface area contributed by atoms with E-state index in [9.17, 15) is 0 Å². The Morgan fingerprint density at radius 1 is 1.25 bits per heavy atom. The molecule has 1 rings (SSSR count). The van der Waals surface area contributed by atoms with Crippen LogP contribution < -0.4 is 5.32 Å². The molecule has 0 radical (unpaired) electrons. The van der Waals surface area contributed by atoms with Crippen LogP contribution in [-0.4, -0.2) is 13.6 Å². The summed E-state index contributed by atoms with van der Waals surface area (Å²) in [6.45, 7) is 10.1. The molecule has 1 aromatic rings. The van der Waals surface area contributed by atoms with Crippen molar-refractivity contribution in [1.82, 2.24) is 5.32 Å². The molecule has 0 aliphatic carbocycles. The molecule has 0 saturated heterocycles. The quantitative estimate of drug-likeness (QED) is 0.793. The average Bonchev–Trinajstić information content (AvgIpc) is 2.26. The Morgan fingerprint density at radius 3 is 2.44 bits per heavy atom. The molecule has 1 unspecified atom stereocenters. The van der Waals surface area contributed by atoms with Crippen LogP contribution in [0.5, 0.6) is 0 Å². The van der Waals surface area contributed by atoms with E-state index in [4.69, 9.17) is 0 Å². The highest BCUT2D eigenvalue weighted by molar-refractivity contribution is 5.35. The number of likely N-dealkylation sites (N-methyl/N-ethyl adjacent to an activating group) is 1. The van der Waals surface area contributed by atoms with Crippen LogP contribution in [0.4, 0.5) is 0 Å². The Hall–Kier alpha value is -0.820. The largest absolute Gasteiger partial charge is 0.319 e. The number of nitrogens with one attached hydrogen (secondary N) is 1. The van der Waals surface area contributed by atoms with Gasteiger partial charge in [0.1, 0.15) is 0 Å². The van der Waals surface area contributed by atoms with Gasteiger partial charge in [0.05, 0.1) is 0 Å².